The fourth-order valence-electron chi connectivity index (χ4n) is 4.32. The van der Waals surface area contributed by atoms with Crippen LogP contribution >= 0.6 is 11.6 Å². The normalized spacial score (nSPS) is 15.8. The Balaban J connectivity index is 1.18. The molecule has 1 saturated heterocycles. The number of aliphatic hydroxyl groups excluding tert-OH is 1. The van der Waals surface area contributed by atoms with E-state index in [1.807, 2.05) is 18.2 Å². The lowest BCUT2D eigenvalue weighted by Gasteiger charge is -2.35. The quantitative estimate of drug-likeness (QED) is 0.381. The second kappa shape index (κ2) is 10.5. The van der Waals surface area contributed by atoms with Crippen molar-refractivity contribution in [1.82, 2.24) is 9.80 Å². The fourth-order valence-corrected chi connectivity index (χ4v) is 4.49. The molecule has 1 N–H and O–H groups in total. The summed E-state index contributed by atoms with van der Waals surface area (Å²) in [6, 6.07) is 20.4. The van der Waals surface area contributed by atoms with Crippen LogP contribution in [0.1, 0.15) is 5.56 Å². The highest BCUT2D eigenvalue weighted by molar-refractivity contribution is 6.31. The van der Waals surface area contributed by atoms with E-state index in [2.05, 4.69) is 34.2 Å². The van der Waals surface area contributed by atoms with Crippen LogP contribution in [0.4, 0.5) is 0 Å². The van der Waals surface area contributed by atoms with Crippen molar-refractivity contribution in [2.45, 2.75) is 6.10 Å². The Kier molecular flexibility index (Phi) is 7.04. The van der Waals surface area contributed by atoms with Crippen LogP contribution in [0.25, 0.3) is 28.0 Å². The van der Waals surface area contributed by atoms with E-state index in [1.54, 1.807) is 36.4 Å². The second-order valence-corrected chi connectivity index (χ2v) is 9.17. The molecule has 1 aliphatic heterocycles. The second-order valence-electron chi connectivity index (χ2n) is 8.73. The van der Waals surface area contributed by atoms with Gasteiger partial charge in [-0.25, -0.2) is 0 Å². The molecular weight excluding hydrogens is 464 g/mol. The van der Waals surface area contributed by atoms with Gasteiger partial charge in [0, 0.05) is 43.8 Å². The number of benzene rings is 3. The van der Waals surface area contributed by atoms with E-state index in [-0.39, 0.29) is 12.0 Å². The Bertz CT molecular complexity index is 1400. The summed E-state index contributed by atoms with van der Waals surface area (Å²) in [5.74, 6) is 0.427. The van der Waals surface area contributed by atoms with Crippen LogP contribution in [0.3, 0.4) is 0 Å². The van der Waals surface area contributed by atoms with Crippen molar-refractivity contribution in [1.29, 1.82) is 0 Å². The number of β-amino-alcohol motifs (C(OH)–C–C–N with tert-alkyl or cyclic N) is 1. The van der Waals surface area contributed by atoms with Gasteiger partial charge in [0.25, 0.3) is 0 Å². The molecule has 5 rings (SSSR count). The number of aliphatic hydroxyl groups is 1. The van der Waals surface area contributed by atoms with Crippen molar-refractivity contribution >= 4 is 39.6 Å². The van der Waals surface area contributed by atoms with E-state index in [0.717, 1.165) is 26.2 Å². The number of ether oxygens (including phenoxy) is 1. The van der Waals surface area contributed by atoms with Crippen molar-refractivity contribution in [3.8, 4) is 5.75 Å². The molecule has 1 aromatic heterocycles. The monoisotopic (exact) mass is 490 g/mol. The minimum atomic E-state index is -0.668. The third kappa shape index (κ3) is 5.51. The van der Waals surface area contributed by atoms with Crippen molar-refractivity contribution in [3.63, 3.8) is 0 Å². The molecule has 4 aromatic rings. The van der Waals surface area contributed by atoms with Gasteiger partial charge in [-0.1, -0.05) is 48.0 Å². The lowest BCUT2D eigenvalue weighted by molar-refractivity contribution is 0.0535. The predicted molar refractivity (Wildman–Crippen MR) is 140 cm³/mol. The Hall–Kier alpha value is -3.32. The van der Waals surface area contributed by atoms with Crippen LogP contribution in [-0.2, 0) is 0 Å². The number of rotatable bonds is 7. The van der Waals surface area contributed by atoms with Gasteiger partial charge < -0.3 is 19.2 Å². The Morgan fingerprint density at radius 2 is 1.80 bits per heavy atom. The minimum Gasteiger partial charge on any atom is -0.487 e. The third-order valence-corrected chi connectivity index (χ3v) is 6.44. The first-order valence-corrected chi connectivity index (χ1v) is 12.1. The number of hydrogen-bond donors (Lipinski definition) is 1. The topological polar surface area (TPSA) is 66.2 Å². The zero-order valence-electron chi connectivity index (χ0n) is 19.3. The van der Waals surface area contributed by atoms with Gasteiger partial charge >= 0.3 is 0 Å². The molecule has 0 spiro atoms. The smallest absolute Gasteiger partial charge is 0.200 e. The summed E-state index contributed by atoms with van der Waals surface area (Å²) in [7, 11) is 0. The van der Waals surface area contributed by atoms with Crippen LogP contribution in [-0.4, -0.2) is 60.3 Å². The summed E-state index contributed by atoms with van der Waals surface area (Å²) in [4.78, 5) is 17.4. The highest BCUT2D eigenvalue weighted by Crippen LogP contribution is 2.28. The van der Waals surface area contributed by atoms with Gasteiger partial charge in [-0.15, -0.1) is 0 Å². The minimum absolute atomic E-state index is 0.102. The van der Waals surface area contributed by atoms with Gasteiger partial charge in [0.05, 0.1) is 10.8 Å². The largest absolute Gasteiger partial charge is 0.487 e. The third-order valence-electron chi connectivity index (χ3n) is 6.21. The molecule has 1 fully saturated rings. The summed E-state index contributed by atoms with van der Waals surface area (Å²) in [6.45, 7) is 4.16. The maximum Gasteiger partial charge on any atom is 0.200 e. The molecule has 0 bridgehead atoms. The molecule has 1 atom stereocenters. The molecule has 6 nitrogen and oxygen atoms in total. The first kappa shape index (κ1) is 23.4. The molecule has 1 aliphatic rings. The fraction of sp³-hybridized carbons (Fsp3) is 0.250. The summed E-state index contributed by atoms with van der Waals surface area (Å²) in [6.07, 6.45) is 3.59. The van der Waals surface area contributed by atoms with Crippen molar-refractivity contribution in [3.05, 3.63) is 93.7 Å². The zero-order valence-corrected chi connectivity index (χ0v) is 20.0. The van der Waals surface area contributed by atoms with Crippen molar-refractivity contribution in [2.75, 3.05) is 39.3 Å². The van der Waals surface area contributed by atoms with Crippen LogP contribution in [0.2, 0.25) is 5.02 Å². The molecule has 0 aliphatic carbocycles. The SMILES string of the molecule is O=c1c2ccc(Cl)cc2oc2c(OCC(O)CN3CCN(/C=C/c4ccccc4)CC3)cccc12. The van der Waals surface area contributed by atoms with Gasteiger partial charge in [0.15, 0.2) is 11.3 Å². The van der Waals surface area contributed by atoms with Crippen LogP contribution in [0, 0.1) is 0 Å². The summed E-state index contributed by atoms with van der Waals surface area (Å²) >= 11 is 6.07. The number of para-hydroxylation sites is 1. The molecule has 3 aromatic carbocycles. The molecule has 1 unspecified atom stereocenters. The molecule has 35 heavy (non-hydrogen) atoms. The Morgan fingerprint density at radius 3 is 2.60 bits per heavy atom. The van der Waals surface area contributed by atoms with Gasteiger partial charge in [-0.3, -0.25) is 9.69 Å². The number of piperazine rings is 1. The molecular formula is C28H27ClN2O4. The van der Waals surface area contributed by atoms with Crippen LogP contribution < -0.4 is 10.2 Å². The van der Waals surface area contributed by atoms with E-state index >= 15 is 0 Å². The number of hydrogen-bond acceptors (Lipinski definition) is 6. The van der Waals surface area contributed by atoms with Gasteiger partial charge in [0.1, 0.15) is 18.3 Å². The summed E-state index contributed by atoms with van der Waals surface area (Å²) < 4.78 is 11.9. The molecule has 7 heteroatoms. The molecule has 0 amide bonds. The van der Waals surface area contributed by atoms with Gasteiger partial charge in [0.2, 0.25) is 5.43 Å². The lowest BCUT2D eigenvalue weighted by atomic mass is 10.1. The molecule has 2 heterocycles. The number of nitrogens with zero attached hydrogens (tertiary/aromatic N) is 2. The van der Waals surface area contributed by atoms with E-state index in [9.17, 15) is 9.90 Å². The molecule has 0 radical (unpaired) electrons. The maximum atomic E-state index is 12.9. The average molecular weight is 491 g/mol. The lowest BCUT2D eigenvalue weighted by Crippen LogP contribution is -2.47. The molecule has 180 valence electrons. The zero-order chi connectivity index (χ0) is 24.2. The first-order valence-electron chi connectivity index (χ1n) is 11.7. The highest BCUT2D eigenvalue weighted by Gasteiger charge is 2.19. The highest BCUT2D eigenvalue weighted by atomic mass is 35.5. The predicted octanol–water partition coefficient (Wildman–Crippen LogP) is 4.63. The summed E-state index contributed by atoms with van der Waals surface area (Å²) in [5.41, 5.74) is 1.81. The average Bonchev–Trinajstić information content (AvgIpc) is 2.88. The molecule has 0 saturated carbocycles. The maximum absolute atomic E-state index is 12.9. The Labute approximate surface area is 208 Å². The van der Waals surface area contributed by atoms with Crippen molar-refractivity contribution < 1.29 is 14.3 Å². The van der Waals surface area contributed by atoms with E-state index in [0.29, 0.717) is 39.3 Å². The number of fused-ring (bicyclic) bond motifs is 2. The first-order chi connectivity index (χ1) is 17.1. The van der Waals surface area contributed by atoms with E-state index < -0.39 is 6.10 Å². The van der Waals surface area contributed by atoms with Gasteiger partial charge in [-0.2, -0.15) is 0 Å². The van der Waals surface area contributed by atoms with Crippen molar-refractivity contribution in [2.24, 2.45) is 0 Å². The van der Waals surface area contributed by atoms with Crippen LogP contribution in [0.15, 0.2) is 82.1 Å². The van der Waals surface area contributed by atoms with E-state index in [1.165, 1.54) is 5.56 Å². The van der Waals surface area contributed by atoms with Gasteiger partial charge in [-0.05, 0) is 42.1 Å². The van der Waals surface area contributed by atoms with Crippen LogP contribution in [0.5, 0.6) is 5.75 Å². The summed E-state index contributed by atoms with van der Waals surface area (Å²) in [5, 5.41) is 12.0. The number of halogens is 1. The Morgan fingerprint density at radius 1 is 1.00 bits per heavy atom. The standard InChI is InChI=1S/C28H27ClN2O4/c29-21-9-10-23-26(17-21)35-28-24(27(23)33)7-4-8-25(28)34-19-22(32)18-31-15-13-30(14-16-31)12-11-20-5-2-1-3-6-20/h1-12,17,22,32H,13-16,18-19H2/b12-11+. The van der Waals surface area contributed by atoms with E-state index in [4.69, 9.17) is 20.8 Å².